The minimum absolute atomic E-state index is 0.451. The Bertz CT molecular complexity index is 231. The van der Waals surface area contributed by atoms with Gasteiger partial charge in [0, 0.05) is 52.4 Å². The lowest BCUT2D eigenvalue weighted by Crippen LogP contribution is -2.49. The van der Waals surface area contributed by atoms with Gasteiger partial charge in [-0.15, -0.1) is 0 Å². The van der Waals surface area contributed by atoms with Gasteiger partial charge in [-0.3, -0.25) is 9.80 Å². The SMILES string of the molecule is COC1CCCCC1N(C)CCN1CCNCC1. The van der Waals surface area contributed by atoms with Crippen molar-refractivity contribution in [1.82, 2.24) is 15.1 Å². The molecule has 1 saturated heterocycles. The number of ether oxygens (including phenoxy) is 1. The second kappa shape index (κ2) is 7.43. The molecule has 1 saturated carbocycles. The summed E-state index contributed by atoms with van der Waals surface area (Å²) in [6.45, 7) is 7.07. The van der Waals surface area contributed by atoms with Crippen LogP contribution in [0, 0.1) is 0 Å². The van der Waals surface area contributed by atoms with Crippen molar-refractivity contribution in [1.29, 1.82) is 0 Å². The van der Waals surface area contributed by atoms with Crippen molar-refractivity contribution in [3.05, 3.63) is 0 Å². The van der Waals surface area contributed by atoms with E-state index in [0.29, 0.717) is 12.1 Å². The molecule has 0 bridgehead atoms. The Balaban J connectivity index is 1.73. The molecule has 2 fully saturated rings. The zero-order valence-corrected chi connectivity index (χ0v) is 12.0. The molecule has 2 atom stereocenters. The molecule has 1 N–H and O–H groups in total. The first-order valence-corrected chi connectivity index (χ1v) is 7.47. The molecule has 0 aromatic rings. The first-order chi connectivity index (χ1) is 8.81. The summed E-state index contributed by atoms with van der Waals surface area (Å²) in [5, 5.41) is 3.41. The van der Waals surface area contributed by atoms with Crippen molar-refractivity contribution in [3.63, 3.8) is 0 Å². The Kier molecular flexibility index (Phi) is 5.89. The van der Waals surface area contributed by atoms with Crippen LogP contribution in [0.4, 0.5) is 0 Å². The molecule has 0 radical (unpaired) electrons. The van der Waals surface area contributed by atoms with Gasteiger partial charge in [-0.1, -0.05) is 12.8 Å². The fourth-order valence-corrected chi connectivity index (χ4v) is 3.26. The maximum atomic E-state index is 5.65. The summed E-state index contributed by atoms with van der Waals surface area (Å²) >= 11 is 0. The van der Waals surface area contributed by atoms with Gasteiger partial charge in [0.15, 0.2) is 0 Å². The Morgan fingerprint density at radius 2 is 1.94 bits per heavy atom. The van der Waals surface area contributed by atoms with Gasteiger partial charge < -0.3 is 10.1 Å². The van der Waals surface area contributed by atoms with E-state index in [4.69, 9.17) is 4.74 Å². The highest BCUT2D eigenvalue weighted by Gasteiger charge is 2.28. The van der Waals surface area contributed by atoms with Gasteiger partial charge in [-0.05, 0) is 19.9 Å². The fourth-order valence-electron chi connectivity index (χ4n) is 3.26. The predicted molar refractivity (Wildman–Crippen MR) is 75.0 cm³/mol. The van der Waals surface area contributed by atoms with Crippen molar-refractivity contribution in [2.75, 3.05) is 53.4 Å². The van der Waals surface area contributed by atoms with Gasteiger partial charge in [0.2, 0.25) is 0 Å². The van der Waals surface area contributed by atoms with Gasteiger partial charge in [0.1, 0.15) is 0 Å². The molecule has 0 spiro atoms. The van der Waals surface area contributed by atoms with Gasteiger partial charge in [-0.25, -0.2) is 0 Å². The number of piperazine rings is 1. The van der Waals surface area contributed by atoms with E-state index in [1.807, 2.05) is 7.11 Å². The third-order valence-electron chi connectivity index (χ3n) is 4.52. The minimum atomic E-state index is 0.451. The van der Waals surface area contributed by atoms with E-state index in [0.717, 1.165) is 13.1 Å². The Morgan fingerprint density at radius 3 is 2.67 bits per heavy atom. The topological polar surface area (TPSA) is 27.7 Å². The van der Waals surface area contributed by atoms with Gasteiger partial charge in [-0.2, -0.15) is 0 Å². The van der Waals surface area contributed by atoms with Crippen LogP contribution >= 0.6 is 0 Å². The van der Waals surface area contributed by atoms with E-state index in [2.05, 4.69) is 22.2 Å². The first kappa shape index (κ1) is 14.3. The summed E-state index contributed by atoms with van der Waals surface area (Å²) < 4.78 is 5.65. The van der Waals surface area contributed by atoms with Crippen LogP contribution in [0.3, 0.4) is 0 Å². The van der Waals surface area contributed by atoms with E-state index < -0.39 is 0 Å². The third-order valence-corrected chi connectivity index (χ3v) is 4.52. The highest BCUT2D eigenvalue weighted by molar-refractivity contribution is 4.83. The molecule has 106 valence electrons. The second-order valence-corrected chi connectivity index (χ2v) is 5.70. The van der Waals surface area contributed by atoms with E-state index in [9.17, 15) is 0 Å². The Labute approximate surface area is 112 Å². The van der Waals surface area contributed by atoms with Crippen LogP contribution in [-0.2, 0) is 4.74 Å². The van der Waals surface area contributed by atoms with Crippen molar-refractivity contribution < 1.29 is 4.74 Å². The number of nitrogens with zero attached hydrogens (tertiary/aromatic N) is 2. The monoisotopic (exact) mass is 255 g/mol. The average molecular weight is 255 g/mol. The summed E-state index contributed by atoms with van der Waals surface area (Å²) in [5.74, 6) is 0. The third kappa shape index (κ3) is 3.92. The average Bonchev–Trinajstić information content (AvgIpc) is 2.45. The van der Waals surface area contributed by atoms with Crippen LogP contribution < -0.4 is 5.32 Å². The van der Waals surface area contributed by atoms with Gasteiger partial charge >= 0.3 is 0 Å². The molecular formula is C14H29N3O. The number of hydrogen-bond acceptors (Lipinski definition) is 4. The van der Waals surface area contributed by atoms with Crippen LogP contribution in [0.2, 0.25) is 0 Å². The fraction of sp³-hybridized carbons (Fsp3) is 1.00. The van der Waals surface area contributed by atoms with Crippen LogP contribution in [0.15, 0.2) is 0 Å². The Hall–Kier alpha value is -0.160. The van der Waals surface area contributed by atoms with Gasteiger partial charge in [0.25, 0.3) is 0 Å². The van der Waals surface area contributed by atoms with Crippen molar-refractivity contribution >= 4 is 0 Å². The summed E-state index contributed by atoms with van der Waals surface area (Å²) in [4.78, 5) is 5.09. The van der Waals surface area contributed by atoms with E-state index in [1.54, 1.807) is 0 Å². The molecular weight excluding hydrogens is 226 g/mol. The molecule has 0 amide bonds. The first-order valence-electron chi connectivity index (χ1n) is 7.47. The standard InChI is InChI=1S/C14H29N3O/c1-16(11-12-17-9-7-15-8-10-17)13-5-3-4-6-14(13)18-2/h13-15H,3-12H2,1-2H3. The number of likely N-dealkylation sites (N-methyl/N-ethyl adjacent to an activating group) is 1. The van der Waals surface area contributed by atoms with Crippen molar-refractivity contribution in [3.8, 4) is 0 Å². The molecule has 2 aliphatic rings. The van der Waals surface area contributed by atoms with Crippen LogP contribution in [-0.4, -0.2) is 75.4 Å². The molecule has 0 aromatic heterocycles. The number of nitrogens with one attached hydrogen (secondary N) is 1. The Morgan fingerprint density at radius 1 is 1.22 bits per heavy atom. The highest BCUT2D eigenvalue weighted by atomic mass is 16.5. The van der Waals surface area contributed by atoms with Crippen LogP contribution in [0.1, 0.15) is 25.7 Å². The predicted octanol–water partition coefficient (Wildman–Crippen LogP) is 0.781. The van der Waals surface area contributed by atoms with Gasteiger partial charge in [0.05, 0.1) is 6.10 Å². The highest BCUT2D eigenvalue weighted by Crippen LogP contribution is 2.24. The van der Waals surface area contributed by atoms with E-state index in [1.165, 1.54) is 51.9 Å². The molecule has 4 nitrogen and oxygen atoms in total. The molecule has 1 aliphatic carbocycles. The summed E-state index contributed by atoms with van der Waals surface area (Å²) in [6.07, 6.45) is 5.69. The van der Waals surface area contributed by atoms with Crippen molar-refractivity contribution in [2.45, 2.75) is 37.8 Å². The summed E-state index contributed by atoms with van der Waals surface area (Å²) in [7, 11) is 4.14. The molecule has 2 rings (SSSR count). The maximum absolute atomic E-state index is 5.65. The van der Waals surface area contributed by atoms with E-state index >= 15 is 0 Å². The van der Waals surface area contributed by atoms with E-state index in [-0.39, 0.29) is 0 Å². The van der Waals surface area contributed by atoms with Crippen LogP contribution in [0.5, 0.6) is 0 Å². The lowest BCUT2D eigenvalue weighted by atomic mass is 9.91. The zero-order chi connectivity index (χ0) is 12.8. The molecule has 4 heteroatoms. The molecule has 18 heavy (non-hydrogen) atoms. The van der Waals surface area contributed by atoms with Crippen LogP contribution in [0.25, 0.3) is 0 Å². The second-order valence-electron chi connectivity index (χ2n) is 5.70. The zero-order valence-electron chi connectivity index (χ0n) is 12.0. The molecule has 1 aliphatic heterocycles. The largest absolute Gasteiger partial charge is 0.380 e. The summed E-state index contributed by atoms with van der Waals surface area (Å²) in [6, 6.07) is 0.631. The quantitative estimate of drug-likeness (QED) is 0.786. The smallest absolute Gasteiger partial charge is 0.0726 e. The lowest BCUT2D eigenvalue weighted by Gasteiger charge is -2.38. The molecule has 1 heterocycles. The minimum Gasteiger partial charge on any atom is -0.380 e. The summed E-state index contributed by atoms with van der Waals surface area (Å²) in [5.41, 5.74) is 0. The number of hydrogen-bond donors (Lipinski definition) is 1. The molecule has 2 unspecified atom stereocenters. The molecule has 0 aromatic carbocycles. The van der Waals surface area contributed by atoms with Crippen molar-refractivity contribution in [2.24, 2.45) is 0 Å². The number of rotatable bonds is 5. The normalized spacial score (nSPS) is 30.8. The number of methoxy groups -OCH3 is 1. The maximum Gasteiger partial charge on any atom is 0.0726 e. The lowest BCUT2D eigenvalue weighted by molar-refractivity contribution is -0.00452.